The molecule has 1 saturated heterocycles. The van der Waals surface area contributed by atoms with E-state index in [2.05, 4.69) is 42.9 Å². The van der Waals surface area contributed by atoms with Gasteiger partial charge in [-0.1, -0.05) is 87.6 Å². The predicted octanol–water partition coefficient (Wildman–Crippen LogP) is 9.33. The van der Waals surface area contributed by atoms with E-state index in [4.69, 9.17) is 65.2 Å². The highest BCUT2D eigenvalue weighted by Gasteiger charge is 2.52. The number of ether oxygens (including phenoxy) is 2. The van der Waals surface area contributed by atoms with Crippen LogP contribution in [0, 0.1) is 0 Å². The Hall–Kier alpha value is -5.70. The van der Waals surface area contributed by atoms with Gasteiger partial charge in [-0.05, 0) is 85.2 Å². The lowest BCUT2D eigenvalue weighted by molar-refractivity contribution is -0.136. The molecule has 0 saturated carbocycles. The van der Waals surface area contributed by atoms with Crippen molar-refractivity contribution in [3.8, 4) is 23.3 Å². The SMILES string of the molecule is C.C=CCn1c(=O)c(Br)nn(CC(F)F)c1=O.CC(C)c1cc(Oc2c(Cl)cc(B3OC(C)(C)C(C)(C)O3)cc2Cl)nn(C)c1=O.CC(C)c1cc(Oc2c(Cl)cc(C3=NN(CC(F)F)C(=O)CC3=O)cc2Cl)nn(C)c1=O. The first kappa shape index (κ1) is 64.8. The van der Waals surface area contributed by atoms with Gasteiger partial charge in [0, 0.05) is 49.5 Å². The minimum Gasteiger partial charge on any atom is -0.434 e. The number of carbonyl (C=O) groups excluding carboxylic acids is 2. The van der Waals surface area contributed by atoms with Gasteiger partial charge in [0.25, 0.3) is 35.4 Å². The topological polar surface area (TPSA) is 213 Å². The van der Waals surface area contributed by atoms with Gasteiger partial charge in [-0.3, -0.25) is 28.5 Å². The summed E-state index contributed by atoms with van der Waals surface area (Å²) in [6.45, 7) is 17.0. The molecule has 1 amide bonds. The number of Topliss-reactive ketones (excluding diaryl/α,β-unsaturated/α-hetero) is 1. The van der Waals surface area contributed by atoms with Gasteiger partial charge in [0.05, 0.1) is 37.7 Å². The van der Waals surface area contributed by atoms with Gasteiger partial charge in [0.1, 0.15) is 18.8 Å². The number of hydrogen-bond acceptors (Lipinski definition) is 14. The lowest BCUT2D eigenvalue weighted by Gasteiger charge is -2.32. The van der Waals surface area contributed by atoms with Crippen LogP contribution in [-0.2, 0) is 46.1 Å². The van der Waals surface area contributed by atoms with Crippen LogP contribution in [0.15, 0.2) is 77.9 Å². The summed E-state index contributed by atoms with van der Waals surface area (Å²) in [6, 6.07) is 9.15. The highest BCUT2D eigenvalue weighted by Crippen LogP contribution is 2.40. The summed E-state index contributed by atoms with van der Waals surface area (Å²) in [5.74, 6) is -0.940. The van der Waals surface area contributed by atoms with Crippen molar-refractivity contribution in [3.63, 3.8) is 0 Å². The molecule has 0 spiro atoms. The molecule has 0 atom stereocenters. The molecule has 0 unspecified atom stereocenters. The monoisotopic (exact) mass is 1240 g/mol. The van der Waals surface area contributed by atoms with Crippen LogP contribution in [0.25, 0.3) is 0 Å². The predicted molar refractivity (Wildman–Crippen MR) is 293 cm³/mol. The van der Waals surface area contributed by atoms with E-state index in [1.807, 2.05) is 55.4 Å². The largest absolute Gasteiger partial charge is 0.494 e. The number of hydrazone groups is 1. The van der Waals surface area contributed by atoms with Crippen molar-refractivity contribution >= 4 is 92.3 Å². The number of alkyl halides is 4. The highest BCUT2D eigenvalue weighted by molar-refractivity contribution is 9.10. The number of nitrogens with zero attached hydrogens (tertiary/aromatic N) is 9. The molecule has 2 aliphatic rings. The second-order valence-electron chi connectivity index (χ2n) is 18.7. The van der Waals surface area contributed by atoms with Gasteiger partial charge < -0.3 is 18.8 Å². The zero-order chi connectivity index (χ0) is 57.8. The van der Waals surface area contributed by atoms with Gasteiger partial charge in [-0.15, -0.1) is 16.8 Å². The van der Waals surface area contributed by atoms with Crippen LogP contribution in [0.4, 0.5) is 17.6 Å². The van der Waals surface area contributed by atoms with E-state index >= 15 is 0 Å². The molecule has 19 nitrogen and oxygen atoms in total. The van der Waals surface area contributed by atoms with Crippen molar-refractivity contribution < 1.29 is 45.9 Å². The summed E-state index contributed by atoms with van der Waals surface area (Å²) in [4.78, 5) is 71.4. The fourth-order valence-corrected chi connectivity index (χ4v) is 8.59. The van der Waals surface area contributed by atoms with E-state index in [1.54, 1.807) is 25.2 Å². The van der Waals surface area contributed by atoms with Gasteiger partial charge in [0.2, 0.25) is 11.8 Å². The fraction of sp³-hybridized carbons (Fsp3) is 0.429. The van der Waals surface area contributed by atoms with Crippen molar-refractivity contribution in [3.05, 3.63) is 132 Å². The zero-order valence-corrected chi connectivity index (χ0v) is 47.6. The Bertz CT molecular complexity index is 3310. The Labute approximate surface area is 473 Å². The molecule has 5 aromatic rings. The number of halogens is 9. The molecule has 0 N–H and O–H groups in total. The second-order valence-corrected chi connectivity index (χ2v) is 21.1. The minimum atomic E-state index is -2.81. The minimum absolute atomic E-state index is 0. The number of aryl methyl sites for hydroxylation is 2. The maximum absolute atomic E-state index is 12.7. The lowest BCUT2D eigenvalue weighted by Crippen LogP contribution is -2.42. The molecule has 1 fully saturated rings. The van der Waals surface area contributed by atoms with Gasteiger partial charge in [0.15, 0.2) is 21.9 Å². The summed E-state index contributed by atoms with van der Waals surface area (Å²) in [6.07, 6.45) is -4.81. The van der Waals surface area contributed by atoms with Crippen molar-refractivity contribution in [2.75, 3.05) is 6.54 Å². The van der Waals surface area contributed by atoms with Crippen LogP contribution in [-0.4, -0.2) is 94.0 Å². The van der Waals surface area contributed by atoms with Crippen molar-refractivity contribution in [2.45, 2.75) is 118 Å². The summed E-state index contributed by atoms with van der Waals surface area (Å²) in [5.41, 5.74) is -1.24. The average molecular weight is 1240 g/mol. The molecule has 0 aliphatic carbocycles. The molecule has 29 heteroatoms. The summed E-state index contributed by atoms with van der Waals surface area (Å²) < 4.78 is 76.8. The molecule has 422 valence electrons. The Kier molecular flexibility index (Phi) is 22.0. The van der Waals surface area contributed by atoms with Crippen LogP contribution >= 0.6 is 62.3 Å². The van der Waals surface area contributed by atoms with Crippen LogP contribution in [0.2, 0.25) is 20.1 Å². The smallest absolute Gasteiger partial charge is 0.434 e. The van der Waals surface area contributed by atoms with E-state index in [0.29, 0.717) is 36.3 Å². The standard InChI is InChI=1S/C20H25BCl2N2O4.C20H18Cl2F2N4O4.C8H8BrF2N3O2.CH4/c1-11(2)13-10-16(24-25(7)18(13)26)27-17-14(22)8-12(9-15(17)23)21-28-19(3,4)20(5,6)29-21;1-9(2)11-6-16(25-27(3)20(11)31)32-19-12(21)4-10(5-13(19)22)18-14(29)7-17(30)28(26-18)8-15(23)24;1-2-3-13-7(15)6(9)12-14(8(13)16)4-5(10)11;/h8-11H,1-7H3;4-6,9,15H,7-8H2,1-3H3;2,5H,1,3-4H2;1H4. The fourth-order valence-electron chi connectivity index (χ4n) is 7.04. The van der Waals surface area contributed by atoms with Crippen LogP contribution in [0.1, 0.15) is 97.8 Å². The third-order valence-corrected chi connectivity index (χ3v) is 13.3. The van der Waals surface area contributed by atoms with E-state index in [0.717, 1.165) is 9.25 Å². The maximum Gasteiger partial charge on any atom is 0.494 e. The number of rotatable bonds is 14. The van der Waals surface area contributed by atoms with Crippen LogP contribution in [0.3, 0.4) is 0 Å². The molecule has 2 aromatic carbocycles. The second kappa shape index (κ2) is 26.5. The van der Waals surface area contributed by atoms with Crippen LogP contribution in [0.5, 0.6) is 23.3 Å². The van der Waals surface area contributed by atoms with E-state index in [-0.39, 0.29) is 86.1 Å². The van der Waals surface area contributed by atoms with E-state index in [1.165, 1.54) is 36.0 Å². The molecule has 5 heterocycles. The number of aromatic nitrogens is 7. The number of carbonyl (C=O) groups is 2. The quantitative estimate of drug-likeness (QED) is 0.0439. The normalized spacial score (nSPS) is 14.7. The van der Waals surface area contributed by atoms with Crippen molar-refractivity contribution in [2.24, 2.45) is 19.2 Å². The first-order valence-corrected chi connectivity index (χ1v) is 25.4. The van der Waals surface area contributed by atoms with Crippen molar-refractivity contribution in [1.82, 2.24) is 38.9 Å². The molecule has 0 bridgehead atoms. The van der Waals surface area contributed by atoms with Crippen molar-refractivity contribution in [1.29, 1.82) is 0 Å². The number of ketones is 1. The molecule has 7 rings (SSSR count). The number of allylic oxidation sites excluding steroid dienone is 1. The average Bonchev–Trinajstić information content (AvgIpc) is 3.55. The Balaban J connectivity index is 0.000000264. The summed E-state index contributed by atoms with van der Waals surface area (Å²) in [7, 11) is 2.46. The number of benzene rings is 2. The Morgan fingerprint density at radius 2 is 1.15 bits per heavy atom. The third kappa shape index (κ3) is 15.4. The van der Waals surface area contributed by atoms with Gasteiger partial charge >= 0.3 is 12.8 Å². The zero-order valence-electron chi connectivity index (χ0n) is 43.0. The number of hydrogen-bond donors (Lipinski definition) is 0. The highest BCUT2D eigenvalue weighted by atomic mass is 79.9. The molecular weight excluding hydrogens is 1180 g/mol. The summed E-state index contributed by atoms with van der Waals surface area (Å²) in [5, 5.41) is 16.5. The maximum atomic E-state index is 12.7. The molecule has 78 heavy (non-hydrogen) atoms. The molecule has 3 aromatic heterocycles. The third-order valence-electron chi connectivity index (χ3n) is 11.7. The molecular formula is C49H55BBrCl4F4N9O10. The summed E-state index contributed by atoms with van der Waals surface area (Å²) >= 11 is 28.3. The Morgan fingerprint density at radius 1 is 0.718 bits per heavy atom. The first-order chi connectivity index (χ1) is 35.8. The lowest BCUT2D eigenvalue weighted by atomic mass is 9.79. The molecule has 0 radical (unpaired) electrons. The Morgan fingerprint density at radius 3 is 1.56 bits per heavy atom. The van der Waals surface area contributed by atoms with Crippen LogP contribution < -0.4 is 37.3 Å². The van der Waals surface area contributed by atoms with E-state index in [9.17, 15) is 46.3 Å². The van der Waals surface area contributed by atoms with Gasteiger partial charge in [-0.25, -0.2) is 41.4 Å². The van der Waals surface area contributed by atoms with E-state index < -0.39 is 73.6 Å². The first-order valence-electron chi connectivity index (χ1n) is 23.1. The number of amides is 1. The van der Waals surface area contributed by atoms with Gasteiger partial charge in [-0.2, -0.15) is 10.2 Å². The molecule has 2 aliphatic heterocycles.